The normalized spacial score (nSPS) is 10.3. The van der Waals surface area contributed by atoms with Crippen LogP contribution >= 0.6 is 0 Å². The fourth-order valence-electron chi connectivity index (χ4n) is 1.60. The van der Waals surface area contributed by atoms with Gasteiger partial charge in [-0.25, -0.2) is 0 Å². The van der Waals surface area contributed by atoms with Crippen molar-refractivity contribution in [1.82, 2.24) is 0 Å². The maximum absolute atomic E-state index is 10.5. The summed E-state index contributed by atoms with van der Waals surface area (Å²) in [5.41, 5.74) is 1.35. The summed E-state index contributed by atoms with van der Waals surface area (Å²) in [6.07, 6.45) is 0. The largest absolute Gasteiger partial charge is 0.395 e. The molecule has 0 saturated carbocycles. The van der Waals surface area contributed by atoms with E-state index in [1.165, 1.54) is 6.07 Å². The lowest BCUT2D eigenvalue weighted by Gasteiger charge is -2.23. The molecule has 0 heterocycles. The first-order chi connectivity index (χ1) is 8.26. The molecule has 0 atom stereocenters. The van der Waals surface area contributed by atoms with Crippen LogP contribution in [0.5, 0.6) is 0 Å². The average molecular weight is 240 g/mol. The van der Waals surface area contributed by atoms with Crippen molar-refractivity contribution >= 4 is 11.4 Å². The van der Waals surface area contributed by atoms with Gasteiger partial charge in [-0.3, -0.25) is 0 Å². The van der Waals surface area contributed by atoms with Crippen LogP contribution in [0.25, 0.3) is 0 Å². The SMILES string of the molecule is O=Nc1ccc(N(CCO)CCO)cc1CO. The first-order valence-corrected chi connectivity index (χ1v) is 5.30. The Labute approximate surface area is 99.1 Å². The molecular formula is C11H16N2O4. The van der Waals surface area contributed by atoms with Gasteiger partial charge >= 0.3 is 0 Å². The van der Waals surface area contributed by atoms with Gasteiger partial charge in [-0.2, -0.15) is 0 Å². The van der Waals surface area contributed by atoms with Crippen molar-refractivity contribution in [2.45, 2.75) is 6.61 Å². The van der Waals surface area contributed by atoms with Gasteiger partial charge in [0, 0.05) is 24.3 Å². The fourth-order valence-corrected chi connectivity index (χ4v) is 1.60. The van der Waals surface area contributed by atoms with Crippen molar-refractivity contribution in [1.29, 1.82) is 0 Å². The van der Waals surface area contributed by atoms with E-state index in [9.17, 15) is 4.91 Å². The lowest BCUT2D eigenvalue weighted by Crippen LogP contribution is -2.29. The number of aliphatic hydroxyl groups excluding tert-OH is 3. The molecule has 0 amide bonds. The van der Waals surface area contributed by atoms with Gasteiger partial charge in [0.05, 0.1) is 19.8 Å². The van der Waals surface area contributed by atoms with E-state index in [-0.39, 0.29) is 25.5 Å². The molecule has 3 N–H and O–H groups in total. The van der Waals surface area contributed by atoms with Gasteiger partial charge in [-0.1, -0.05) is 0 Å². The van der Waals surface area contributed by atoms with E-state index in [1.807, 2.05) is 0 Å². The highest BCUT2D eigenvalue weighted by Crippen LogP contribution is 2.25. The Morgan fingerprint density at radius 3 is 2.24 bits per heavy atom. The second-order valence-corrected chi connectivity index (χ2v) is 3.50. The van der Waals surface area contributed by atoms with Crippen LogP contribution in [0.2, 0.25) is 0 Å². The molecule has 17 heavy (non-hydrogen) atoms. The standard InChI is InChI=1S/C11H16N2O4/c14-5-3-13(4-6-15)10-1-2-11(12-17)9(7-10)8-16/h1-2,7,14-16H,3-6,8H2. The molecule has 0 bridgehead atoms. The third kappa shape index (κ3) is 3.48. The van der Waals surface area contributed by atoms with Gasteiger partial charge in [0.2, 0.25) is 0 Å². The Morgan fingerprint density at radius 1 is 1.12 bits per heavy atom. The first-order valence-electron chi connectivity index (χ1n) is 5.30. The monoisotopic (exact) mass is 240 g/mol. The minimum Gasteiger partial charge on any atom is -0.395 e. The Kier molecular flexibility index (Phi) is 5.55. The summed E-state index contributed by atoms with van der Waals surface area (Å²) in [5.74, 6) is 0. The van der Waals surface area contributed by atoms with E-state index < -0.39 is 0 Å². The van der Waals surface area contributed by atoms with Gasteiger partial charge in [0.1, 0.15) is 5.69 Å². The number of aliphatic hydroxyl groups is 3. The van der Waals surface area contributed by atoms with Gasteiger partial charge in [-0.15, -0.1) is 4.91 Å². The summed E-state index contributed by atoms with van der Waals surface area (Å²) in [6, 6.07) is 4.80. The van der Waals surface area contributed by atoms with E-state index in [0.717, 1.165) is 5.69 Å². The first kappa shape index (κ1) is 13.6. The van der Waals surface area contributed by atoms with E-state index in [4.69, 9.17) is 15.3 Å². The minimum absolute atomic E-state index is 0.0395. The zero-order chi connectivity index (χ0) is 12.7. The van der Waals surface area contributed by atoms with Crippen molar-refractivity contribution in [2.24, 2.45) is 5.18 Å². The molecule has 6 heteroatoms. The number of hydrogen-bond donors (Lipinski definition) is 3. The molecule has 94 valence electrons. The van der Waals surface area contributed by atoms with Gasteiger partial charge in [0.15, 0.2) is 0 Å². The molecular weight excluding hydrogens is 224 g/mol. The van der Waals surface area contributed by atoms with Crippen molar-refractivity contribution in [2.75, 3.05) is 31.2 Å². The lowest BCUT2D eigenvalue weighted by molar-refractivity contribution is 0.280. The lowest BCUT2D eigenvalue weighted by atomic mass is 10.1. The Balaban J connectivity index is 2.98. The molecule has 0 saturated heterocycles. The highest BCUT2D eigenvalue weighted by molar-refractivity contribution is 5.58. The summed E-state index contributed by atoms with van der Waals surface area (Å²) in [7, 11) is 0. The van der Waals surface area contributed by atoms with Crippen LogP contribution in [0.1, 0.15) is 5.56 Å². The average Bonchev–Trinajstić information content (AvgIpc) is 2.37. The Hall–Kier alpha value is -1.50. The summed E-state index contributed by atoms with van der Waals surface area (Å²) < 4.78 is 0. The predicted octanol–water partition coefficient (Wildman–Crippen LogP) is 0.368. The molecule has 6 nitrogen and oxygen atoms in total. The smallest absolute Gasteiger partial charge is 0.113 e. The van der Waals surface area contributed by atoms with Crippen molar-refractivity contribution in [3.63, 3.8) is 0 Å². The summed E-state index contributed by atoms with van der Waals surface area (Å²) in [6.45, 7) is 0.393. The van der Waals surface area contributed by atoms with Crippen LogP contribution in [-0.4, -0.2) is 41.6 Å². The fraction of sp³-hybridized carbons (Fsp3) is 0.455. The predicted molar refractivity (Wildman–Crippen MR) is 64.2 cm³/mol. The van der Waals surface area contributed by atoms with Gasteiger partial charge in [-0.05, 0) is 23.4 Å². The summed E-state index contributed by atoms with van der Waals surface area (Å²) >= 11 is 0. The summed E-state index contributed by atoms with van der Waals surface area (Å²) in [4.78, 5) is 12.2. The molecule has 0 aromatic heterocycles. The zero-order valence-electron chi connectivity index (χ0n) is 9.41. The molecule has 0 unspecified atom stereocenters. The highest BCUT2D eigenvalue weighted by Gasteiger charge is 2.09. The maximum Gasteiger partial charge on any atom is 0.113 e. The third-order valence-electron chi connectivity index (χ3n) is 2.44. The molecule has 0 aliphatic rings. The minimum atomic E-state index is -0.277. The third-order valence-corrected chi connectivity index (χ3v) is 2.44. The number of benzene rings is 1. The maximum atomic E-state index is 10.5. The van der Waals surface area contributed by atoms with Crippen LogP contribution in [0.4, 0.5) is 11.4 Å². The zero-order valence-corrected chi connectivity index (χ0v) is 9.41. The highest BCUT2D eigenvalue weighted by atomic mass is 16.3. The van der Waals surface area contributed by atoms with Crippen molar-refractivity contribution < 1.29 is 15.3 Å². The molecule has 1 aromatic rings. The van der Waals surface area contributed by atoms with E-state index in [1.54, 1.807) is 17.0 Å². The second-order valence-electron chi connectivity index (χ2n) is 3.50. The molecule has 1 aromatic carbocycles. The molecule has 1 rings (SSSR count). The van der Waals surface area contributed by atoms with Crippen LogP contribution < -0.4 is 4.90 Å². The van der Waals surface area contributed by atoms with E-state index in [0.29, 0.717) is 18.7 Å². The van der Waals surface area contributed by atoms with E-state index in [2.05, 4.69) is 5.18 Å². The number of hydrogen-bond acceptors (Lipinski definition) is 6. The molecule has 0 spiro atoms. The number of nitrogens with zero attached hydrogens (tertiary/aromatic N) is 2. The van der Waals surface area contributed by atoms with Crippen LogP contribution in [0.3, 0.4) is 0 Å². The second kappa shape index (κ2) is 6.95. The Morgan fingerprint density at radius 2 is 1.76 bits per heavy atom. The van der Waals surface area contributed by atoms with Crippen molar-refractivity contribution in [3.05, 3.63) is 28.7 Å². The molecule has 0 fully saturated rings. The van der Waals surface area contributed by atoms with Gasteiger partial charge < -0.3 is 20.2 Å². The van der Waals surface area contributed by atoms with E-state index >= 15 is 0 Å². The van der Waals surface area contributed by atoms with Crippen LogP contribution in [0, 0.1) is 4.91 Å². The molecule has 0 aliphatic carbocycles. The molecule has 0 aliphatic heterocycles. The van der Waals surface area contributed by atoms with Crippen LogP contribution in [-0.2, 0) is 6.61 Å². The number of nitroso groups, excluding NO2 is 1. The quantitative estimate of drug-likeness (QED) is 0.599. The van der Waals surface area contributed by atoms with Crippen molar-refractivity contribution in [3.8, 4) is 0 Å². The van der Waals surface area contributed by atoms with Crippen LogP contribution in [0.15, 0.2) is 23.4 Å². The number of rotatable bonds is 7. The Bertz CT molecular complexity index is 364. The molecule has 0 radical (unpaired) electrons. The topological polar surface area (TPSA) is 93.4 Å². The van der Waals surface area contributed by atoms with Gasteiger partial charge in [0.25, 0.3) is 0 Å². The summed E-state index contributed by atoms with van der Waals surface area (Å²) in [5, 5.41) is 29.7. The number of anilines is 1.